The standard InChI is InChI=1S/C61H94O6/c1-4-7-10-13-16-19-22-24-26-28-30-32-34-36-39-42-45-48-51-54-60(63)66-57-58(56-65-59(62)53-50-47-44-41-38-21-18-15-12-9-6-3)67-61(64)55-52-49-46-43-40-37-35-33-31-29-27-25-23-20-17-14-11-8-5-2/h7-8,10-11,15-21,24-27,30-33,36-40,58H,4-6,9,12-14,22-23,28-29,34-35,41-57H2,1-3H3/b10-7-,11-8-,18-15-,19-16-,20-17-,26-24-,27-25-,32-30-,33-31-,38-21-,39-36-,40-37-. The minimum Gasteiger partial charge on any atom is -0.462 e. The van der Waals surface area contributed by atoms with E-state index in [0.29, 0.717) is 19.3 Å². The Balaban J connectivity index is 4.55. The Labute approximate surface area is 410 Å². The molecule has 0 amide bonds. The van der Waals surface area contributed by atoms with Crippen molar-refractivity contribution in [2.75, 3.05) is 13.2 Å². The number of rotatable bonds is 45. The van der Waals surface area contributed by atoms with Crippen LogP contribution in [0.5, 0.6) is 0 Å². The Morgan fingerprint density at radius 1 is 0.328 bits per heavy atom. The summed E-state index contributed by atoms with van der Waals surface area (Å²) < 4.78 is 16.7. The lowest BCUT2D eigenvalue weighted by molar-refractivity contribution is -0.167. The summed E-state index contributed by atoms with van der Waals surface area (Å²) in [6.45, 7) is 6.25. The van der Waals surface area contributed by atoms with Crippen LogP contribution < -0.4 is 0 Å². The third-order valence-electron chi connectivity index (χ3n) is 10.3. The summed E-state index contributed by atoms with van der Waals surface area (Å²) in [5.74, 6) is -1.03. The SMILES string of the molecule is CC/C=C\C/C=C\C/C=C\C/C=C\C/C=C\CCCCCC(=O)OCC(COC(=O)CCCCC/C=C\C=C/CCCC)OC(=O)CCCCC/C=C\C/C=C\C/C=C\C/C=C\C/C=C\CC. The first kappa shape index (κ1) is 62.3. The first-order chi connectivity index (χ1) is 33.0. The lowest BCUT2D eigenvalue weighted by atomic mass is 10.1. The molecular weight excluding hydrogens is 829 g/mol. The van der Waals surface area contributed by atoms with Crippen LogP contribution in [0.3, 0.4) is 0 Å². The summed E-state index contributed by atoms with van der Waals surface area (Å²) in [7, 11) is 0. The number of hydrogen-bond acceptors (Lipinski definition) is 6. The quantitative estimate of drug-likeness (QED) is 0.0199. The molecule has 0 aliphatic heterocycles. The second-order valence-electron chi connectivity index (χ2n) is 16.7. The van der Waals surface area contributed by atoms with E-state index < -0.39 is 6.10 Å². The lowest BCUT2D eigenvalue weighted by Gasteiger charge is -2.18. The van der Waals surface area contributed by atoms with Crippen LogP contribution in [0.4, 0.5) is 0 Å². The molecule has 0 aliphatic carbocycles. The molecule has 374 valence electrons. The summed E-state index contributed by atoms with van der Waals surface area (Å²) in [6.07, 6.45) is 76.9. The topological polar surface area (TPSA) is 78.9 Å². The summed E-state index contributed by atoms with van der Waals surface area (Å²) in [4.78, 5) is 38.0. The average molecular weight is 923 g/mol. The normalized spacial score (nSPS) is 13.3. The molecule has 0 N–H and O–H groups in total. The van der Waals surface area contributed by atoms with Gasteiger partial charge in [0.25, 0.3) is 0 Å². The molecular formula is C61H94O6. The van der Waals surface area contributed by atoms with Gasteiger partial charge in [0.2, 0.25) is 0 Å². The van der Waals surface area contributed by atoms with Gasteiger partial charge in [-0.3, -0.25) is 14.4 Å². The maximum Gasteiger partial charge on any atom is 0.306 e. The fourth-order valence-electron chi connectivity index (χ4n) is 6.41. The van der Waals surface area contributed by atoms with Gasteiger partial charge >= 0.3 is 17.9 Å². The Morgan fingerprint density at radius 3 is 0.970 bits per heavy atom. The number of hydrogen-bond donors (Lipinski definition) is 0. The predicted octanol–water partition coefficient (Wildman–Crippen LogP) is 17.6. The molecule has 6 heteroatoms. The van der Waals surface area contributed by atoms with E-state index in [-0.39, 0.29) is 37.5 Å². The van der Waals surface area contributed by atoms with Gasteiger partial charge in [-0.05, 0) is 128 Å². The van der Waals surface area contributed by atoms with E-state index in [0.717, 1.165) is 141 Å². The van der Waals surface area contributed by atoms with Crippen LogP contribution >= 0.6 is 0 Å². The highest BCUT2D eigenvalue weighted by Crippen LogP contribution is 2.11. The molecule has 0 saturated carbocycles. The van der Waals surface area contributed by atoms with E-state index in [1.165, 1.54) is 12.8 Å². The van der Waals surface area contributed by atoms with Gasteiger partial charge in [0.1, 0.15) is 13.2 Å². The van der Waals surface area contributed by atoms with Crippen molar-refractivity contribution in [1.82, 2.24) is 0 Å². The van der Waals surface area contributed by atoms with E-state index in [2.05, 4.69) is 167 Å². The van der Waals surface area contributed by atoms with Crippen LogP contribution in [0.25, 0.3) is 0 Å². The zero-order valence-corrected chi connectivity index (χ0v) is 42.6. The van der Waals surface area contributed by atoms with Crippen LogP contribution in [0.1, 0.15) is 201 Å². The highest BCUT2D eigenvalue weighted by molar-refractivity contribution is 5.71. The molecule has 0 fully saturated rings. The van der Waals surface area contributed by atoms with Crippen molar-refractivity contribution >= 4 is 17.9 Å². The number of carbonyl (C=O) groups is 3. The van der Waals surface area contributed by atoms with Gasteiger partial charge in [-0.2, -0.15) is 0 Å². The highest BCUT2D eigenvalue weighted by atomic mass is 16.6. The molecule has 0 aromatic rings. The fraction of sp³-hybridized carbons (Fsp3) is 0.557. The molecule has 0 bridgehead atoms. The second kappa shape index (κ2) is 53.9. The smallest absolute Gasteiger partial charge is 0.306 e. The van der Waals surface area contributed by atoms with Crippen LogP contribution in [-0.4, -0.2) is 37.2 Å². The summed E-state index contributed by atoms with van der Waals surface area (Å²) in [5, 5.41) is 0. The molecule has 0 aromatic carbocycles. The fourth-order valence-corrected chi connectivity index (χ4v) is 6.41. The molecule has 0 aromatic heterocycles. The molecule has 67 heavy (non-hydrogen) atoms. The third-order valence-corrected chi connectivity index (χ3v) is 10.3. The van der Waals surface area contributed by atoms with Gasteiger partial charge in [0.15, 0.2) is 6.10 Å². The van der Waals surface area contributed by atoms with Crippen LogP contribution in [0.15, 0.2) is 146 Å². The van der Waals surface area contributed by atoms with Crippen molar-refractivity contribution in [3.63, 3.8) is 0 Å². The summed E-state index contributed by atoms with van der Waals surface area (Å²) >= 11 is 0. The molecule has 0 radical (unpaired) electrons. The van der Waals surface area contributed by atoms with Gasteiger partial charge < -0.3 is 14.2 Å². The molecule has 0 heterocycles. The molecule has 0 aliphatic rings. The Bertz CT molecular complexity index is 1530. The largest absolute Gasteiger partial charge is 0.462 e. The minimum atomic E-state index is -0.826. The monoisotopic (exact) mass is 923 g/mol. The first-order valence-electron chi connectivity index (χ1n) is 26.4. The van der Waals surface area contributed by atoms with Crippen molar-refractivity contribution < 1.29 is 28.6 Å². The summed E-state index contributed by atoms with van der Waals surface area (Å²) in [6, 6.07) is 0. The first-order valence-corrected chi connectivity index (χ1v) is 26.4. The molecule has 6 nitrogen and oxygen atoms in total. The van der Waals surface area contributed by atoms with Gasteiger partial charge in [0.05, 0.1) is 0 Å². The molecule has 0 spiro atoms. The average Bonchev–Trinajstić information content (AvgIpc) is 3.33. The van der Waals surface area contributed by atoms with Crippen LogP contribution in [0, 0.1) is 0 Å². The number of unbranched alkanes of at least 4 members (excludes halogenated alkanes) is 11. The molecule has 1 unspecified atom stereocenters. The zero-order valence-electron chi connectivity index (χ0n) is 42.6. The molecule has 0 saturated heterocycles. The van der Waals surface area contributed by atoms with E-state index in [9.17, 15) is 14.4 Å². The lowest BCUT2D eigenvalue weighted by Crippen LogP contribution is -2.30. The Morgan fingerprint density at radius 2 is 0.627 bits per heavy atom. The zero-order chi connectivity index (χ0) is 48.6. The van der Waals surface area contributed by atoms with Crippen molar-refractivity contribution in [3.8, 4) is 0 Å². The number of carbonyl (C=O) groups excluding carboxylic acids is 3. The van der Waals surface area contributed by atoms with E-state index in [1.54, 1.807) is 0 Å². The Hall–Kier alpha value is -4.71. The van der Waals surface area contributed by atoms with Gasteiger partial charge in [-0.1, -0.05) is 199 Å². The van der Waals surface area contributed by atoms with Crippen molar-refractivity contribution in [2.24, 2.45) is 0 Å². The third kappa shape index (κ3) is 52.1. The number of allylic oxidation sites excluding steroid dienone is 24. The Kier molecular flexibility index (Phi) is 50.1. The second-order valence-corrected chi connectivity index (χ2v) is 16.7. The van der Waals surface area contributed by atoms with E-state index >= 15 is 0 Å². The van der Waals surface area contributed by atoms with Crippen molar-refractivity contribution in [3.05, 3.63) is 146 Å². The maximum atomic E-state index is 12.8. The van der Waals surface area contributed by atoms with E-state index in [1.807, 2.05) is 0 Å². The van der Waals surface area contributed by atoms with Crippen molar-refractivity contribution in [1.29, 1.82) is 0 Å². The minimum absolute atomic E-state index is 0.123. The number of ether oxygens (including phenoxy) is 3. The molecule has 0 rings (SSSR count). The predicted molar refractivity (Wildman–Crippen MR) is 288 cm³/mol. The van der Waals surface area contributed by atoms with Gasteiger partial charge in [0, 0.05) is 19.3 Å². The maximum absolute atomic E-state index is 12.8. The molecule has 1 atom stereocenters. The summed E-state index contributed by atoms with van der Waals surface area (Å²) in [5.41, 5.74) is 0. The van der Waals surface area contributed by atoms with Crippen molar-refractivity contribution in [2.45, 2.75) is 207 Å². The van der Waals surface area contributed by atoms with Gasteiger partial charge in [-0.25, -0.2) is 0 Å². The van der Waals surface area contributed by atoms with Crippen LogP contribution in [0.2, 0.25) is 0 Å². The van der Waals surface area contributed by atoms with Gasteiger partial charge in [-0.15, -0.1) is 0 Å². The highest BCUT2D eigenvalue weighted by Gasteiger charge is 2.19. The number of esters is 3. The van der Waals surface area contributed by atoms with E-state index in [4.69, 9.17) is 14.2 Å². The van der Waals surface area contributed by atoms with Crippen LogP contribution in [-0.2, 0) is 28.6 Å².